The summed E-state index contributed by atoms with van der Waals surface area (Å²) in [4.78, 5) is 11.8. The largest absolute Gasteiger partial charge is 0.399 e. The third kappa shape index (κ3) is 3.55. The van der Waals surface area contributed by atoms with Crippen molar-refractivity contribution < 1.29 is 9.53 Å². The number of hydrogen-bond donors (Lipinski definition) is 2. The Hall–Kier alpha value is -1.55. The fourth-order valence-electron chi connectivity index (χ4n) is 1.40. The van der Waals surface area contributed by atoms with E-state index in [9.17, 15) is 4.79 Å². The van der Waals surface area contributed by atoms with Gasteiger partial charge in [0.1, 0.15) is 0 Å². The van der Waals surface area contributed by atoms with Crippen LogP contribution in [0.5, 0.6) is 0 Å². The predicted octanol–water partition coefficient (Wildman–Crippen LogP) is 1.34. The van der Waals surface area contributed by atoms with Crippen LogP contribution in [-0.2, 0) is 4.74 Å². The monoisotopic (exact) mass is 222 g/mol. The van der Waals surface area contributed by atoms with E-state index in [1.807, 2.05) is 13.0 Å². The molecule has 88 valence electrons. The van der Waals surface area contributed by atoms with Crippen molar-refractivity contribution in [3.05, 3.63) is 29.3 Å². The fraction of sp³-hybridized carbons (Fsp3) is 0.417. The molecule has 1 rings (SSSR count). The predicted molar refractivity (Wildman–Crippen MR) is 64.4 cm³/mol. The first kappa shape index (κ1) is 12.5. The first-order valence-corrected chi connectivity index (χ1v) is 5.28. The van der Waals surface area contributed by atoms with Crippen molar-refractivity contribution in [2.45, 2.75) is 13.3 Å². The van der Waals surface area contributed by atoms with Crippen LogP contribution in [0, 0.1) is 6.92 Å². The molecule has 0 radical (unpaired) electrons. The van der Waals surface area contributed by atoms with E-state index in [-0.39, 0.29) is 5.91 Å². The van der Waals surface area contributed by atoms with Crippen LogP contribution in [0.1, 0.15) is 22.3 Å². The van der Waals surface area contributed by atoms with Gasteiger partial charge < -0.3 is 15.8 Å². The first-order valence-electron chi connectivity index (χ1n) is 5.28. The third-order valence-corrected chi connectivity index (χ3v) is 2.32. The van der Waals surface area contributed by atoms with Gasteiger partial charge in [-0.05, 0) is 31.0 Å². The summed E-state index contributed by atoms with van der Waals surface area (Å²) in [5.41, 5.74) is 7.81. The zero-order valence-corrected chi connectivity index (χ0v) is 9.75. The molecule has 16 heavy (non-hydrogen) atoms. The summed E-state index contributed by atoms with van der Waals surface area (Å²) in [6.07, 6.45) is 0.809. The molecule has 0 saturated heterocycles. The quantitative estimate of drug-likeness (QED) is 0.583. The summed E-state index contributed by atoms with van der Waals surface area (Å²) in [6.45, 7) is 3.15. The standard InChI is InChI=1S/C12H18N2O2/c1-9-4-5-10(13)8-11(9)12(15)14-6-3-7-16-2/h4-5,8H,3,6-7,13H2,1-2H3,(H,14,15). The van der Waals surface area contributed by atoms with Crippen LogP contribution in [-0.4, -0.2) is 26.2 Å². The van der Waals surface area contributed by atoms with Gasteiger partial charge in [0.2, 0.25) is 0 Å². The second-order valence-corrected chi connectivity index (χ2v) is 3.68. The van der Waals surface area contributed by atoms with Crippen molar-refractivity contribution in [1.82, 2.24) is 5.32 Å². The van der Waals surface area contributed by atoms with Gasteiger partial charge in [0, 0.05) is 31.5 Å². The molecule has 0 aliphatic heterocycles. The molecule has 0 bridgehead atoms. The number of ether oxygens (including phenoxy) is 1. The average molecular weight is 222 g/mol. The lowest BCUT2D eigenvalue weighted by Crippen LogP contribution is -2.26. The lowest BCUT2D eigenvalue weighted by molar-refractivity contribution is 0.0948. The maximum atomic E-state index is 11.8. The number of hydrogen-bond acceptors (Lipinski definition) is 3. The van der Waals surface area contributed by atoms with Crippen molar-refractivity contribution in [1.29, 1.82) is 0 Å². The van der Waals surface area contributed by atoms with E-state index in [1.165, 1.54) is 0 Å². The van der Waals surface area contributed by atoms with Crippen molar-refractivity contribution in [3.63, 3.8) is 0 Å². The second-order valence-electron chi connectivity index (χ2n) is 3.68. The number of nitrogen functional groups attached to an aromatic ring is 1. The van der Waals surface area contributed by atoms with Gasteiger partial charge in [-0.25, -0.2) is 0 Å². The smallest absolute Gasteiger partial charge is 0.251 e. The number of anilines is 1. The summed E-state index contributed by atoms with van der Waals surface area (Å²) >= 11 is 0. The van der Waals surface area contributed by atoms with Gasteiger partial charge in [0.25, 0.3) is 5.91 Å². The molecule has 0 saturated carbocycles. The number of amides is 1. The topological polar surface area (TPSA) is 64.3 Å². The Morgan fingerprint density at radius 3 is 2.94 bits per heavy atom. The first-order chi connectivity index (χ1) is 7.65. The summed E-state index contributed by atoms with van der Waals surface area (Å²) in [5, 5.41) is 2.83. The number of benzene rings is 1. The van der Waals surface area contributed by atoms with Crippen molar-refractivity contribution >= 4 is 11.6 Å². The van der Waals surface area contributed by atoms with E-state index in [0.29, 0.717) is 24.4 Å². The van der Waals surface area contributed by atoms with E-state index in [0.717, 1.165) is 12.0 Å². The molecule has 4 heteroatoms. The van der Waals surface area contributed by atoms with Gasteiger partial charge in [0.15, 0.2) is 0 Å². The summed E-state index contributed by atoms with van der Waals surface area (Å²) in [6, 6.07) is 5.33. The number of nitrogens with one attached hydrogen (secondary N) is 1. The zero-order valence-electron chi connectivity index (χ0n) is 9.75. The lowest BCUT2D eigenvalue weighted by atomic mass is 10.1. The molecule has 0 atom stereocenters. The maximum absolute atomic E-state index is 11.8. The number of carbonyl (C=O) groups is 1. The van der Waals surface area contributed by atoms with Crippen molar-refractivity contribution in [2.24, 2.45) is 0 Å². The van der Waals surface area contributed by atoms with Gasteiger partial charge in [-0.3, -0.25) is 4.79 Å². The van der Waals surface area contributed by atoms with Crippen LogP contribution >= 0.6 is 0 Å². The van der Waals surface area contributed by atoms with Crippen LogP contribution in [0.4, 0.5) is 5.69 Å². The van der Waals surface area contributed by atoms with Gasteiger partial charge in [-0.1, -0.05) is 6.07 Å². The van der Waals surface area contributed by atoms with E-state index < -0.39 is 0 Å². The molecule has 1 aromatic rings. The van der Waals surface area contributed by atoms with E-state index in [4.69, 9.17) is 10.5 Å². The van der Waals surface area contributed by atoms with Crippen LogP contribution in [0.15, 0.2) is 18.2 Å². The Morgan fingerprint density at radius 1 is 1.50 bits per heavy atom. The average Bonchev–Trinajstić information content (AvgIpc) is 2.27. The maximum Gasteiger partial charge on any atom is 0.251 e. The second kappa shape index (κ2) is 6.12. The number of methoxy groups -OCH3 is 1. The minimum Gasteiger partial charge on any atom is -0.399 e. The Bertz CT molecular complexity index is 364. The number of nitrogens with two attached hydrogens (primary N) is 1. The number of rotatable bonds is 5. The van der Waals surface area contributed by atoms with E-state index >= 15 is 0 Å². The molecule has 0 spiro atoms. The molecule has 0 fully saturated rings. The van der Waals surface area contributed by atoms with E-state index in [2.05, 4.69) is 5.32 Å². The molecule has 0 aliphatic rings. The Balaban J connectivity index is 2.55. The highest BCUT2D eigenvalue weighted by molar-refractivity contribution is 5.96. The highest BCUT2D eigenvalue weighted by Crippen LogP contribution is 2.12. The Labute approximate surface area is 95.8 Å². The highest BCUT2D eigenvalue weighted by Gasteiger charge is 2.08. The SMILES string of the molecule is COCCCNC(=O)c1cc(N)ccc1C. The number of aryl methyl sites for hydroxylation is 1. The molecule has 1 amide bonds. The highest BCUT2D eigenvalue weighted by atomic mass is 16.5. The molecule has 0 heterocycles. The van der Waals surface area contributed by atoms with Crippen molar-refractivity contribution in [2.75, 3.05) is 26.0 Å². The van der Waals surface area contributed by atoms with Gasteiger partial charge >= 0.3 is 0 Å². The van der Waals surface area contributed by atoms with Crippen LogP contribution in [0.2, 0.25) is 0 Å². The molecule has 3 N–H and O–H groups in total. The lowest BCUT2D eigenvalue weighted by Gasteiger charge is -2.08. The summed E-state index contributed by atoms with van der Waals surface area (Å²) < 4.78 is 4.90. The normalized spacial score (nSPS) is 10.1. The van der Waals surface area contributed by atoms with Crippen LogP contribution < -0.4 is 11.1 Å². The van der Waals surface area contributed by atoms with Gasteiger partial charge in [0.05, 0.1) is 0 Å². The summed E-state index contributed by atoms with van der Waals surface area (Å²) in [5.74, 6) is -0.0825. The molecular formula is C12H18N2O2. The minimum absolute atomic E-state index is 0.0825. The third-order valence-electron chi connectivity index (χ3n) is 2.32. The molecule has 1 aromatic carbocycles. The molecule has 0 aliphatic carbocycles. The van der Waals surface area contributed by atoms with Crippen LogP contribution in [0.3, 0.4) is 0 Å². The number of carbonyl (C=O) groups excluding carboxylic acids is 1. The Kier molecular flexibility index (Phi) is 4.79. The molecular weight excluding hydrogens is 204 g/mol. The summed E-state index contributed by atoms with van der Waals surface area (Å²) in [7, 11) is 1.64. The fourth-order valence-corrected chi connectivity index (χ4v) is 1.40. The van der Waals surface area contributed by atoms with Crippen molar-refractivity contribution in [3.8, 4) is 0 Å². The van der Waals surface area contributed by atoms with Gasteiger partial charge in [-0.2, -0.15) is 0 Å². The van der Waals surface area contributed by atoms with Gasteiger partial charge in [-0.15, -0.1) is 0 Å². The molecule has 0 aromatic heterocycles. The Morgan fingerprint density at radius 2 is 2.25 bits per heavy atom. The molecule has 0 unspecified atom stereocenters. The minimum atomic E-state index is -0.0825. The van der Waals surface area contributed by atoms with Crippen LogP contribution in [0.25, 0.3) is 0 Å². The van der Waals surface area contributed by atoms with E-state index in [1.54, 1.807) is 19.2 Å². The molecule has 4 nitrogen and oxygen atoms in total. The zero-order chi connectivity index (χ0) is 12.0.